The fourth-order valence-corrected chi connectivity index (χ4v) is 2.00. The number of nitrogens with zero attached hydrogens (tertiary/aromatic N) is 1. The maximum absolute atomic E-state index is 11.5. The van der Waals surface area contributed by atoms with Crippen LogP contribution in [0.5, 0.6) is 5.75 Å². The van der Waals surface area contributed by atoms with Gasteiger partial charge >= 0.3 is 5.97 Å². The van der Waals surface area contributed by atoms with E-state index < -0.39 is 16.9 Å². The molecule has 0 fully saturated rings. The summed E-state index contributed by atoms with van der Waals surface area (Å²) in [6.45, 7) is 0. The second-order valence-corrected chi connectivity index (χ2v) is 4.47. The van der Waals surface area contributed by atoms with Crippen LogP contribution in [0.1, 0.15) is 11.6 Å². The summed E-state index contributed by atoms with van der Waals surface area (Å²) in [5.74, 6) is -0.805. The number of nitro benzene ring substituents is 1. The monoisotopic (exact) mass is 302 g/mol. The van der Waals surface area contributed by atoms with Crippen molar-refractivity contribution in [3.8, 4) is 5.75 Å². The van der Waals surface area contributed by atoms with Gasteiger partial charge in [0.1, 0.15) is 11.4 Å². The number of nitrogens with one attached hydrogen (secondary N) is 1. The summed E-state index contributed by atoms with van der Waals surface area (Å²) in [7, 11) is 1.40. The molecule has 0 bridgehead atoms. The van der Waals surface area contributed by atoms with Gasteiger partial charge < -0.3 is 15.2 Å². The number of hydrogen-bond donors (Lipinski definition) is 2. The Morgan fingerprint density at radius 1 is 1.27 bits per heavy atom. The molecule has 0 aromatic heterocycles. The van der Waals surface area contributed by atoms with Crippen LogP contribution < -0.4 is 10.1 Å². The highest BCUT2D eigenvalue weighted by Crippen LogP contribution is 2.31. The molecule has 0 heterocycles. The molecule has 0 saturated heterocycles. The quantitative estimate of drug-likeness (QED) is 0.628. The van der Waals surface area contributed by atoms with Crippen LogP contribution in [0.3, 0.4) is 0 Å². The van der Waals surface area contributed by atoms with E-state index in [1.807, 2.05) is 0 Å². The van der Waals surface area contributed by atoms with Gasteiger partial charge in [-0.3, -0.25) is 10.1 Å². The van der Waals surface area contributed by atoms with Crippen LogP contribution in [-0.2, 0) is 4.79 Å². The number of carbonyl (C=O) groups is 1. The van der Waals surface area contributed by atoms with Crippen LogP contribution in [0.15, 0.2) is 48.5 Å². The molecule has 114 valence electrons. The van der Waals surface area contributed by atoms with Crippen molar-refractivity contribution in [2.75, 3.05) is 12.4 Å². The Bertz CT molecular complexity index is 688. The number of aliphatic carboxylic acids is 1. The maximum Gasteiger partial charge on any atom is 0.330 e. The van der Waals surface area contributed by atoms with Gasteiger partial charge in [0.2, 0.25) is 0 Å². The van der Waals surface area contributed by atoms with Crippen LogP contribution >= 0.6 is 0 Å². The zero-order chi connectivity index (χ0) is 16.1. The van der Waals surface area contributed by atoms with Gasteiger partial charge in [0.25, 0.3) is 5.69 Å². The fourth-order valence-electron chi connectivity index (χ4n) is 2.00. The third kappa shape index (κ3) is 3.32. The second-order valence-electron chi connectivity index (χ2n) is 4.47. The molecule has 0 aliphatic carbocycles. The first-order chi connectivity index (χ1) is 10.5. The van der Waals surface area contributed by atoms with E-state index in [1.54, 1.807) is 30.3 Å². The first kappa shape index (κ1) is 15.3. The van der Waals surface area contributed by atoms with Crippen molar-refractivity contribution in [2.24, 2.45) is 0 Å². The largest absolute Gasteiger partial charge is 0.496 e. The van der Waals surface area contributed by atoms with Gasteiger partial charge in [0, 0.05) is 0 Å². The molecular formula is C15H14N2O5. The molecule has 0 spiro atoms. The molecule has 2 N–H and O–H groups in total. The van der Waals surface area contributed by atoms with E-state index in [0.29, 0.717) is 11.3 Å². The average molecular weight is 302 g/mol. The van der Waals surface area contributed by atoms with Gasteiger partial charge in [-0.2, -0.15) is 0 Å². The molecule has 0 saturated carbocycles. The Morgan fingerprint density at radius 2 is 1.95 bits per heavy atom. The van der Waals surface area contributed by atoms with E-state index in [9.17, 15) is 20.0 Å². The number of carboxylic acid groups (broad SMARTS) is 1. The highest BCUT2D eigenvalue weighted by molar-refractivity contribution is 5.81. The lowest BCUT2D eigenvalue weighted by atomic mass is 10.1. The molecule has 1 atom stereocenters. The van der Waals surface area contributed by atoms with Crippen molar-refractivity contribution < 1.29 is 19.6 Å². The summed E-state index contributed by atoms with van der Waals surface area (Å²) in [5.41, 5.74) is 0.365. The van der Waals surface area contributed by atoms with Crippen molar-refractivity contribution in [3.63, 3.8) is 0 Å². The normalized spacial score (nSPS) is 11.5. The lowest BCUT2D eigenvalue weighted by Crippen LogP contribution is -2.21. The number of ether oxygens (including phenoxy) is 1. The highest BCUT2D eigenvalue weighted by Gasteiger charge is 2.24. The molecular weight excluding hydrogens is 288 g/mol. The molecule has 0 amide bonds. The SMILES string of the molecule is COc1ccc(NC(C(=O)O)c2ccccc2)c([N+](=O)[O-])c1. The maximum atomic E-state index is 11.5. The second kappa shape index (κ2) is 6.57. The first-order valence-electron chi connectivity index (χ1n) is 6.39. The van der Waals surface area contributed by atoms with E-state index in [0.717, 1.165) is 0 Å². The molecule has 22 heavy (non-hydrogen) atoms. The van der Waals surface area contributed by atoms with Crippen molar-refractivity contribution in [1.82, 2.24) is 0 Å². The van der Waals surface area contributed by atoms with E-state index in [-0.39, 0.29) is 11.4 Å². The average Bonchev–Trinajstić information content (AvgIpc) is 2.53. The minimum absolute atomic E-state index is 0.113. The van der Waals surface area contributed by atoms with Crippen molar-refractivity contribution in [2.45, 2.75) is 6.04 Å². The van der Waals surface area contributed by atoms with Crippen molar-refractivity contribution in [3.05, 3.63) is 64.2 Å². The number of benzene rings is 2. The van der Waals surface area contributed by atoms with Gasteiger partial charge in [-0.25, -0.2) is 4.79 Å². The molecule has 7 heteroatoms. The third-order valence-corrected chi connectivity index (χ3v) is 3.08. The van der Waals surface area contributed by atoms with Gasteiger partial charge in [0.05, 0.1) is 18.1 Å². The number of carboxylic acids is 1. The third-order valence-electron chi connectivity index (χ3n) is 3.08. The molecule has 2 rings (SSSR count). The first-order valence-corrected chi connectivity index (χ1v) is 6.39. The van der Waals surface area contributed by atoms with E-state index in [1.165, 1.54) is 25.3 Å². The number of hydrogen-bond acceptors (Lipinski definition) is 5. The number of nitro groups is 1. The van der Waals surface area contributed by atoms with E-state index in [2.05, 4.69) is 5.32 Å². The summed E-state index contributed by atoms with van der Waals surface area (Å²) in [5, 5.41) is 23.2. The van der Waals surface area contributed by atoms with Crippen LogP contribution in [-0.4, -0.2) is 23.1 Å². The lowest BCUT2D eigenvalue weighted by molar-refractivity contribution is -0.384. The molecule has 0 radical (unpaired) electrons. The van der Waals surface area contributed by atoms with Crippen LogP contribution in [0.25, 0.3) is 0 Å². The minimum Gasteiger partial charge on any atom is -0.496 e. The molecule has 2 aromatic carbocycles. The molecule has 1 unspecified atom stereocenters. The molecule has 2 aromatic rings. The number of methoxy groups -OCH3 is 1. The van der Waals surface area contributed by atoms with Crippen LogP contribution in [0, 0.1) is 10.1 Å². The predicted molar refractivity (Wildman–Crippen MR) is 80.1 cm³/mol. The summed E-state index contributed by atoms with van der Waals surface area (Å²) >= 11 is 0. The summed E-state index contributed by atoms with van der Waals surface area (Å²) in [6, 6.07) is 11.6. The standard InChI is InChI=1S/C15H14N2O5/c1-22-11-7-8-12(13(9-11)17(20)21)16-14(15(18)19)10-5-3-2-4-6-10/h2-9,14,16H,1H3,(H,18,19). The Hall–Kier alpha value is -3.09. The topological polar surface area (TPSA) is 102 Å². The number of anilines is 1. The highest BCUT2D eigenvalue weighted by atomic mass is 16.6. The molecule has 0 aliphatic heterocycles. The van der Waals surface area contributed by atoms with Gasteiger partial charge in [-0.1, -0.05) is 30.3 Å². The molecule has 0 aliphatic rings. The van der Waals surface area contributed by atoms with Crippen molar-refractivity contribution in [1.29, 1.82) is 0 Å². The fraction of sp³-hybridized carbons (Fsp3) is 0.133. The summed E-state index contributed by atoms with van der Waals surface area (Å²) in [6.07, 6.45) is 0. The zero-order valence-electron chi connectivity index (χ0n) is 11.7. The van der Waals surface area contributed by atoms with E-state index in [4.69, 9.17) is 4.74 Å². The smallest absolute Gasteiger partial charge is 0.330 e. The Morgan fingerprint density at radius 3 is 2.50 bits per heavy atom. The Labute approximate surface area is 126 Å². The minimum atomic E-state index is -1.13. The predicted octanol–water partition coefficient (Wildman–Crippen LogP) is 2.84. The summed E-state index contributed by atoms with van der Waals surface area (Å²) < 4.78 is 4.95. The van der Waals surface area contributed by atoms with E-state index >= 15 is 0 Å². The molecule has 7 nitrogen and oxygen atoms in total. The number of rotatable bonds is 6. The van der Waals surface area contributed by atoms with Gasteiger partial charge in [0.15, 0.2) is 6.04 Å². The van der Waals surface area contributed by atoms with Crippen LogP contribution in [0.2, 0.25) is 0 Å². The van der Waals surface area contributed by atoms with Crippen LogP contribution in [0.4, 0.5) is 11.4 Å². The van der Waals surface area contributed by atoms with Gasteiger partial charge in [-0.15, -0.1) is 0 Å². The zero-order valence-corrected chi connectivity index (χ0v) is 11.7. The lowest BCUT2D eigenvalue weighted by Gasteiger charge is -2.16. The Balaban J connectivity index is 2.39. The van der Waals surface area contributed by atoms with Crippen molar-refractivity contribution >= 4 is 17.3 Å². The Kier molecular flexibility index (Phi) is 4.57. The van der Waals surface area contributed by atoms with Gasteiger partial charge in [-0.05, 0) is 17.7 Å². The summed E-state index contributed by atoms with van der Waals surface area (Å²) in [4.78, 5) is 22.0.